The van der Waals surface area contributed by atoms with Crippen molar-refractivity contribution in [2.45, 2.75) is 6.54 Å². The van der Waals surface area contributed by atoms with Gasteiger partial charge in [0.1, 0.15) is 0 Å². The van der Waals surface area contributed by atoms with Gasteiger partial charge in [0.05, 0.1) is 11.7 Å². The first-order chi connectivity index (χ1) is 9.22. The zero-order valence-corrected chi connectivity index (χ0v) is 10.6. The average Bonchev–Trinajstić information content (AvgIpc) is 3.03. The van der Waals surface area contributed by atoms with Gasteiger partial charge in [-0.25, -0.2) is 0 Å². The molecule has 2 N–H and O–H groups in total. The van der Waals surface area contributed by atoms with Crippen LogP contribution in [0.5, 0.6) is 0 Å². The highest BCUT2D eigenvalue weighted by molar-refractivity contribution is 5.97. The number of aromatic nitrogens is 3. The van der Waals surface area contributed by atoms with Crippen molar-refractivity contribution in [3.63, 3.8) is 0 Å². The molecule has 0 saturated heterocycles. The molecule has 5 nitrogen and oxygen atoms in total. The topological polar surface area (TPSA) is 62.7 Å². The van der Waals surface area contributed by atoms with Crippen molar-refractivity contribution in [1.82, 2.24) is 20.1 Å². The number of rotatable bonds is 3. The lowest BCUT2D eigenvalue weighted by molar-refractivity contribution is 0.0951. The molecule has 0 aliphatic heterocycles. The molecule has 2 heterocycles. The number of nitrogens with zero attached hydrogens (tertiary/aromatic N) is 2. The number of aromatic amines is 1. The molecule has 5 heteroatoms. The second-order valence-electron chi connectivity index (χ2n) is 4.54. The maximum Gasteiger partial charge on any atom is 0.251 e. The first-order valence-electron chi connectivity index (χ1n) is 6.04. The molecular weight excluding hydrogens is 240 g/mol. The van der Waals surface area contributed by atoms with E-state index in [0.29, 0.717) is 12.1 Å². The van der Waals surface area contributed by atoms with E-state index in [-0.39, 0.29) is 5.91 Å². The second kappa shape index (κ2) is 4.61. The van der Waals surface area contributed by atoms with Gasteiger partial charge < -0.3 is 9.88 Å². The Morgan fingerprint density at radius 2 is 2.32 bits per heavy atom. The van der Waals surface area contributed by atoms with Crippen molar-refractivity contribution in [3.8, 4) is 0 Å². The smallest absolute Gasteiger partial charge is 0.251 e. The molecule has 0 aliphatic carbocycles. The zero-order chi connectivity index (χ0) is 13.2. The predicted octanol–water partition coefficient (Wildman–Crippen LogP) is 1.83. The van der Waals surface area contributed by atoms with E-state index in [1.165, 1.54) is 0 Å². The van der Waals surface area contributed by atoms with E-state index in [1.54, 1.807) is 12.3 Å². The SMILES string of the molecule is Cn1ccc(CNC(=O)c2ccc3cn[nH]c3c2)c1. The lowest BCUT2D eigenvalue weighted by Gasteiger charge is -2.04. The standard InChI is InChI=1S/C14H14N4O/c1-18-5-4-10(9-18)7-15-14(19)11-2-3-12-8-16-17-13(12)6-11/h2-6,8-9H,7H2,1H3,(H,15,19)(H,16,17). The summed E-state index contributed by atoms with van der Waals surface area (Å²) in [6, 6.07) is 7.48. The van der Waals surface area contributed by atoms with E-state index in [0.717, 1.165) is 16.5 Å². The zero-order valence-electron chi connectivity index (χ0n) is 10.6. The van der Waals surface area contributed by atoms with Gasteiger partial charge >= 0.3 is 0 Å². The Bertz CT molecular complexity index is 726. The van der Waals surface area contributed by atoms with Gasteiger partial charge in [-0.15, -0.1) is 0 Å². The normalized spacial score (nSPS) is 10.8. The molecule has 0 saturated carbocycles. The van der Waals surface area contributed by atoms with Crippen LogP contribution in [0.15, 0.2) is 42.9 Å². The third kappa shape index (κ3) is 2.35. The number of hydrogen-bond donors (Lipinski definition) is 2. The summed E-state index contributed by atoms with van der Waals surface area (Å²) in [5.41, 5.74) is 2.58. The molecule has 19 heavy (non-hydrogen) atoms. The summed E-state index contributed by atoms with van der Waals surface area (Å²) in [5, 5.41) is 10.7. The molecule has 3 aromatic rings. The van der Waals surface area contributed by atoms with Gasteiger partial charge in [0, 0.05) is 36.9 Å². The van der Waals surface area contributed by atoms with E-state index in [9.17, 15) is 4.79 Å². The van der Waals surface area contributed by atoms with Crippen LogP contribution >= 0.6 is 0 Å². The molecule has 0 bridgehead atoms. The van der Waals surface area contributed by atoms with Gasteiger partial charge in [0.15, 0.2) is 0 Å². The van der Waals surface area contributed by atoms with E-state index in [4.69, 9.17) is 0 Å². The molecule has 0 radical (unpaired) electrons. The Labute approximate surface area is 110 Å². The van der Waals surface area contributed by atoms with E-state index >= 15 is 0 Å². The van der Waals surface area contributed by atoms with Crippen LogP contribution in [0.25, 0.3) is 10.9 Å². The highest BCUT2D eigenvalue weighted by atomic mass is 16.1. The summed E-state index contributed by atoms with van der Waals surface area (Å²) in [6.07, 6.45) is 5.68. The second-order valence-corrected chi connectivity index (χ2v) is 4.54. The number of benzene rings is 1. The molecule has 0 aliphatic rings. The number of aryl methyl sites for hydroxylation is 1. The van der Waals surface area contributed by atoms with Crippen molar-refractivity contribution < 1.29 is 4.79 Å². The maximum atomic E-state index is 12.0. The Morgan fingerprint density at radius 3 is 3.11 bits per heavy atom. The van der Waals surface area contributed by atoms with Crippen molar-refractivity contribution in [3.05, 3.63) is 54.0 Å². The first-order valence-corrected chi connectivity index (χ1v) is 6.04. The van der Waals surface area contributed by atoms with Crippen LogP contribution in [-0.2, 0) is 13.6 Å². The van der Waals surface area contributed by atoms with E-state index < -0.39 is 0 Å². The van der Waals surface area contributed by atoms with Crippen molar-refractivity contribution in [2.24, 2.45) is 7.05 Å². The van der Waals surface area contributed by atoms with Crippen LogP contribution < -0.4 is 5.32 Å². The van der Waals surface area contributed by atoms with Crippen LogP contribution in [0.2, 0.25) is 0 Å². The predicted molar refractivity (Wildman–Crippen MR) is 72.7 cm³/mol. The number of H-pyrrole nitrogens is 1. The van der Waals surface area contributed by atoms with Crippen LogP contribution in [0.1, 0.15) is 15.9 Å². The number of nitrogens with one attached hydrogen (secondary N) is 2. The number of hydrogen-bond acceptors (Lipinski definition) is 2. The number of carbonyl (C=O) groups excluding carboxylic acids is 1. The molecule has 1 aromatic carbocycles. The average molecular weight is 254 g/mol. The van der Waals surface area contributed by atoms with Gasteiger partial charge in [-0.05, 0) is 23.8 Å². The Balaban J connectivity index is 1.72. The molecule has 96 valence electrons. The number of amides is 1. The monoisotopic (exact) mass is 254 g/mol. The largest absolute Gasteiger partial charge is 0.357 e. The highest BCUT2D eigenvalue weighted by Gasteiger charge is 2.07. The third-order valence-electron chi connectivity index (χ3n) is 3.05. The Morgan fingerprint density at radius 1 is 1.42 bits per heavy atom. The van der Waals surface area contributed by atoms with Crippen LogP contribution in [-0.4, -0.2) is 20.7 Å². The summed E-state index contributed by atoms with van der Waals surface area (Å²) in [6.45, 7) is 0.528. The van der Waals surface area contributed by atoms with Gasteiger partial charge in [0.25, 0.3) is 5.91 Å². The fraction of sp³-hybridized carbons (Fsp3) is 0.143. The summed E-state index contributed by atoms with van der Waals surface area (Å²) < 4.78 is 1.96. The fourth-order valence-electron chi connectivity index (χ4n) is 2.03. The minimum absolute atomic E-state index is 0.0830. The lowest BCUT2D eigenvalue weighted by Crippen LogP contribution is -2.22. The fourth-order valence-corrected chi connectivity index (χ4v) is 2.03. The minimum atomic E-state index is -0.0830. The molecule has 0 fully saturated rings. The van der Waals surface area contributed by atoms with E-state index in [1.807, 2.05) is 42.2 Å². The van der Waals surface area contributed by atoms with Crippen LogP contribution in [0, 0.1) is 0 Å². The van der Waals surface area contributed by atoms with Crippen LogP contribution in [0.3, 0.4) is 0 Å². The molecule has 2 aromatic heterocycles. The van der Waals surface area contributed by atoms with Crippen LogP contribution in [0.4, 0.5) is 0 Å². The number of fused-ring (bicyclic) bond motifs is 1. The summed E-state index contributed by atoms with van der Waals surface area (Å²) >= 11 is 0. The van der Waals surface area contributed by atoms with Crippen molar-refractivity contribution in [2.75, 3.05) is 0 Å². The summed E-state index contributed by atoms with van der Waals surface area (Å²) in [4.78, 5) is 12.0. The van der Waals surface area contributed by atoms with Gasteiger partial charge in [-0.2, -0.15) is 5.10 Å². The molecule has 3 rings (SSSR count). The van der Waals surface area contributed by atoms with Gasteiger partial charge in [-0.1, -0.05) is 6.07 Å². The number of carbonyl (C=O) groups is 1. The molecule has 0 atom stereocenters. The summed E-state index contributed by atoms with van der Waals surface area (Å²) in [7, 11) is 1.96. The van der Waals surface area contributed by atoms with E-state index in [2.05, 4.69) is 15.5 Å². The van der Waals surface area contributed by atoms with Gasteiger partial charge in [-0.3, -0.25) is 9.89 Å². The molecule has 0 spiro atoms. The first kappa shape index (κ1) is 11.5. The van der Waals surface area contributed by atoms with Gasteiger partial charge in [0.2, 0.25) is 0 Å². The highest BCUT2D eigenvalue weighted by Crippen LogP contribution is 2.12. The molecule has 0 unspecified atom stereocenters. The molecule has 1 amide bonds. The quantitative estimate of drug-likeness (QED) is 0.749. The Kier molecular flexibility index (Phi) is 2.79. The Hall–Kier alpha value is -2.56. The van der Waals surface area contributed by atoms with Crippen molar-refractivity contribution >= 4 is 16.8 Å². The lowest BCUT2D eigenvalue weighted by atomic mass is 10.1. The van der Waals surface area contributed by atoms with Crippen molar-refractivity contribution in [1.29, 1.82) is 0 Å². The minimum Gasteiger partial charge on any atom is -0.357 e. The molecular formula is C14H14N4O. The maximum absolute atomic E-state index is 12.0. The third-order valence-corrected chi connectivity index (χ3v) is 3.05. The summed E-state index contributed by atoms with van der Waals surface area (Å²) in [5.74, 6) is -0.0830.